The first-order valence-electron chi connectivity index (χ1n) is 6.96. The Bertz CT molecular complexity index is 573. The van der Waals surface area contributed by atoms with Crippen LogP contribution in [0.15, 0.2) is 36.4 Å². The summed E-state index contributed by atoms with van der Waals surface area (Å²) in [6.45, 7) is 6.94. The van der Waals surface area contributed by atoms with Crippen molar-refractivity contribution < 1.29 is 4.74 Å². The summed E-state index contributed by atoms with van der Waals surface area (Å²) in [7, 11) is 0. The highest BCUT2D eigenvalue weighted by molar-refractivity contribution is 5.67. The minimum absolute atomic E-state index is 0.671. The molecule has 2 aromatic carbocycles. The van der Waals surface area contributed by atoms with E-state index in [0.717, 1.165) is 23.5 Å². The van der Waals surface area contributed by atoms with Crippen molar-refractivity contribution in [3.8, 4) is 5.75 Å². The summed E-state index contributed by atoms with van der Waals surface area (Å²) >= 11 is 0. The van der Waals surface area contributed by atoms with E-state index in [1.807, 2.05) is 18.2 Å². The van der Waals surface area contributed by atoms with E-state index in [4.69, 9.17) is 10.5 Å². The van der Waals surface area contributed by atoms with E-state index in [2.05, 4.69) is 44.3 Å². The lowest BCUT2D eigenvalue weighted by Crippen LogP contribution is -2.00. The summed E-state index contributed by atoms with van der Waals surface area (Å²) in [4.78, 5) is 0. The summed E-state index contributed by atoms with van der Waals surface area (Å²) in [5, 5.41) is 3.39. The number of rotatable bonds is 5. The topological polar surface area (TPSA) is 47.3 Å². The molecular weight excluding hydrogens is 248 g/mol. The fourth-order valence-corrected chi connectivity index (χ4v) is 2.16. The van der Waals surface area contributed by atoms with Crippen molar-refractivity contribution in [2.45, 2.75) is 27.2 Å². The molecule has 0 aromatic heterocycles. The van der Waals surface area contributed by atoms with Gasteiger partial charge in [-0.1, -0.05) is 13.0 Å². The highest BCUT2D eigenvalue weighted by atomic mass is 16.5. The molecule has 0 unspecified atom stereocenters. The molecule has 0 radical (unpaired) electrons. The van der Waals surface area contributed by atoms with Gasteiger partial charge in [-0.25, -0.2) is 0 Å². The Morgan fingerprint density at radius 3 is 2.35 bits per heavy atom. The van der Waals surface area contributed by atoms with Crippen LogP contribution < -0.4 is 15.8 Å². The summed E-state index contributed by atoms with van der Waals surface area (Å²) in [6.07, 6.45) is 0.966. The third kappa shape index (κ3) is 3.67. The Kier molecular flexibility index (Phi) is 4.51. The van der Waals surface area contributed by atoms with Gasteiger partial charge in [0.2, 0.25) is 0 Å². The lowest BCUT2D eigenvalue weighted by Gasteiger charge is -2.12. The van der Waals surface area contributed by atoms with E-state index in [0.29, 0.717) is 12.3 Å². The Balaban J connectivity index is 2.20. The fraction of sp³-hybridized carbons (Fsp3) is 0.294. The first-order chi connectivity index (χ1) is 9.58. The molecule has 3 heteroatoms. The van der Waals surface area contributed by atoms with Gasteiger partial charge in [-0.15, -0.1) is 0 Å². The number of nitrogens with two attached hydrogens (primary N) is 1. The second-order valence-electron chi connectivity index (χ2n) is 5.10. The average Bonchev–Trinajstić information content (AvgIpc) is 2.38. The van der Waals surface area contributed by atoms with Crippen molar-refractivity contribution in [1.82, 2.24) is 0 Å². The maximum atomic E-state index is 5.92. The van der Waals surface area contributed by atoms with Gasteiger partial charge >= 0.3 is 0 Å². The number of anilines is 3. The highest BCUT2D eigenvalue weighted by Crippen LogP contribution is 2.28. The van der Waals surface area contributed by atoms with Crippen LogP contribution >= 0.6 is 0 Å². The fourth-order valence-electron chi connectivity index (χ4n) is 2.16. The predicted molar refractivity (Wildman–Crippen MR) is 85.8 cm³/mol. The Morgan fingerprint density at radius 2 is 1.70 bits per heavy atom. The number of ether oxygens (including phenoxy) is 1. The smallest absolute Gasteiger partial charge is 0.144 e. The van der Waals surface area contributed by atoms with E-state index < -0.39 is 0 Å². The van der Waals surface area contributed by atoms with Crippen LogP contribution in [0.5, 0.6) is 5.75 Å². The van der Waals surface area contributed by atoms with Crippen LogP contribution in [0, 0.1) is 13.8 Å². The predicted octanol–water partition coefficient (Wildman–Crippen LogP) is 4.42. The molecule has 0 aliphatic carbocycles. The quantitative estimate of drug-likeness (QED) is 0.791. The van der Waals surface area contributed by atoms with Crippen LogP contribution in [-0.4, -0.2) is 6.61 Å². The van der Waals surface area contributed by atoms with Crippen LogP contribution in [0.1, 0.15) is 24.5 Å². The van der Waals surface area contributed by atoms with Crippen LogP contribution in [0.4, 0.5) is 17.1 Å². The molecule has 106 valence electrons. The van der Waals surface area contributed by atoms with Gasteiger partial charge in [-0.3, -0.25) is 0 Å². The first-order valence-corrected chi connectivity index (χ1v) is 6.96. The zero-order valence-corrected chi connectivity index (χ0v) is 12.4. The number of hydrogen-bond donors (Lipinski definition) is 2. The van der Waals surface area contributed by atoms with Gasteiger partial charge in [0, 0.05) is 17.4 Å². The lowest BCUT2D eigenvalue weighted by molar-refractivity contribution is 0.319. The van der Waals surface area contributed by atoms with Crippen molar-refractivity contribution in [3.63, 3.8) is 0 Å². The van der Waals surface area contributed by atoms with Gasteiger partial charge in [0.25, 0.3) is 0 Å². The molecule has 0 bridgehead atoms. The third-order valence-electron chi connectivity index (χ3n) is 2.99. The largest absolute Gasteiger partial charge is 0.491 e. The van der Waals surface area contributed by atoms with Gasteiger partial charge in [0.1, 0.15) is 5.75 Å². The molecule has 3 nitrogen and oxygen atoms in total. The molecule has 0 aliphatic rings. The second-order valence-corrected chi connectivity index (χ2v) is 5.10. The number of benzene rings is 2. The molecule has 0 spiro atoms. The zero-order chi connectivity index (χ0) is 14.5. The van der Waals surface area contributed by atoms with Crippen molar-refractivity contribution in [2.24, 2.45) is 0 Å². The minimum Gasteiger partial charge on any atom is -0.491 e. The normalized spacial score (nSPS) is 10.3. The maximum Gasteiger partial charge on any atom is 0.144 e. The van der Waals surface area contributed by atoms with Gasteiger partial charge in [0.05, 0.1) is 12.3 Å². The molecule has 2 rings (SSSR count). The molecule has 0 fully saturated rings. The van der Waals surface area contributed by atoms with E-state index >= 15 is 0 Å². The highest BCUT2D eigenvalue weighted by Gasteiger charge is 2.03. The van der Waals surface area contributed by atoms with E-state index in [-0.39, 0.29) is 0 Å². The standard InChI is InChI=1S/C17H22N2O/c1-4-7-20-17-11-14(5-6-16(17)18)19-15-9-12(2)8-13(3)10-15/h5-6,8-11,19H,4,7,18H2,1-3H3. The van der Waals surface area contributed by atoms with Crippen LogP contribution in [0.25, 0.3) is 0 Å². The first kappa shape index (κ1) is 14.3. The third-order valence-corrected chi connectivity index (χ3v) is 2.99. The van der Waals surface area contributed by atoms with Gasteiger partial charge in [-0.05, 0) is 55.7 Å². The second kappa shape index (κ2) is 6.33. The molecule has 0 saturated carbocycles. The number of nitrogens with one attached hydrogen (secondary N) is 1. The number of hydrogen-bond acceptors (Lipinski definition) is 3. The van der Waals surface area contributed by atoms with Crippen LogP contribution in [0.3, 0.4) is 0 Å². The van der Waals surface area contributed by atoms with Crippen molar-refractivity contribution >= 4 is 17.1 Å². The van der Waals surface area contributed by atoms with Gasteiger partial charge < -0.3 is 15.8 Å². The summed E-state index contributed by atoms with van der Waals surface area (Å²) in [5.41, 5.74) is 11.1. The molecule has 0 atom stereocenters. The maximum absolute atomic E-state index is 5.92. The van der Waals surface area contributed by atoms with Crippen LogP contribution in [-0.2, 0) is 0 Å². The SMILES string of the molecule is CCCOc1cc(Nc2cc(C)cc(C)c2)ccc1N. The summed E-state index contributed by atoms with van der Waals surface area (Å²) in [5.74, 6) is 0.737. The van der Waals surface area contributed by atoms with Crippen molar-refractivity contribution in [1.29, 1.82) is 0 Å². The Labute approximate surface area is 120 Å². The molecule has 0 amide bonds. The van der Waals surface area contributed by atoms with E-state index in [9.17, 15) is 0 Å². The minimum atomic E-state index is 0.671. The van der Waals surface area contributed by atoms with Gasteiger partial charge in [0.15, 0.2) is 0 Å². The Hall–Kier alpha value is -2.16. The lowest BCUT2D eigenvalue weighted by atomic mass is 10.1. The molecular formula is C17H22N2O. The van der Waals surface area contributed by atoms with Crippen molar-refractivity contribution in [3.05, 3.63) is 47.5 Å². The molecule has 2 aromatic rings. The Morgan fingerprint density at radius 1 is 1.00 bits per heavy atom. The number of aryl methyl sites for hydroxylation is 2. The van der Waals surface area contributed by atoms with E-state index in [1.165, 1.54) is 11.1 Å². The molecule has 0 aliphatic heterocycles. The monoisotopic (exact) mass is 270 g/mol. The van der Waals surface area contributed by atoms with Crippen LogP contribution in [0.2, 0.25) is 0 Å². The summed E-state index contributed by atoms with van der Waals surface area (Å²) < 4.78 is 5.65. The van der Waals surface area contributed by atoms with Crippen molar-refractivity contribution in [2.75, 3.05) is 17.7 Å². The average molecular weight is 270 g/mol. The van der Waals surface area contributed by atoms with Gasteiger partial charge in [-0.2, -0.15) is 0 Å². The number of nitrogen functional groups attached to an aromatic ring is 1. The molecule has 3 N–H and O–H groups in total. The molecule has 20 heavy (non-hydrogen) atoms. The zero-order valence-electron chi connectivity index (χ0n) is 12.4. The van der Waals surface area contributed by atoms with E-state index in [1.54, 1.807) is 0 Å². The molecule has 0 saturated heterocycles. The summed E-state index contributed by atoms with van der Waals surface area (Å²) in [6, 6.07) is 12.2. The molecule has 0 heterocycles.